The first-order valence-corrected chi connectivity index (χ1v) is 14.6. The molecule has 216 valence electrons. The molecule has 41 heavy (non-hydrogen) atoms. The lowest BCUT2D eigenvalue weighted by Gasteiger charge is -2.38. The Kier molecular flexibility index (Phi) is 9.47. The number of fused-ring (bicyclic) bond motifs is 1. The number of nitrogens with zero attached hydrogens (tertiary/aromatic N) is 1. The number of carbonyl (C=O) groups excluding carboxylic acids is 2. The summed E-state index contributed by atoms with van der Waals surface area (Å²) in [5, 5.41) is 0.649. The minimum Gasteiger partial charge on any atom is -0.493 e. The Hall–Kier alpha value is -3.55. The molecule has 0 spiro atoms. The average Bonchev–Trinajstić information content (AvgIpc) is 3.52. The second-order valence-electron chi connectivity index (χ2n) is 10.4. The van der Waals surface area contributed by atoms with Crippen LogP contribution in [0.25, 0.3) is 0 Å². The van der Waals surface area contributed by atoms with Crippen LogP contribution in [-0.4, -0.2) is 42.6 Å². The number of halogens is 1. The van der Waals surface area contributed by atoms with Crippen molar-refractivity contribution < 1.29 is 28.5 Å². The van der Waals surface area contributed by atoms with Crippen LogP contribution in [0.15, 0.2) is 66.7 Å². The fourth-order valence-electron chi connectivity index (χ4n) is 5.63. The lowest BCUT2D eigenvalue weighted by Crippen LogP contribution is -2.51. The molecule has 0 unspecified atom stereocenters. The van der Waals surface area contributed by atoms with Crippen LogP contribution in [0.4, 0.5) is 0 Å². The summed E-state index contributed by atoms with van der Waals surface area (Å²) in [6.07, 6.45) is 3.46. The molecule has 0 aromatic heterocycles. The number of ether oxygens (including phenoxy) is 4. The van der Waals surface area contributed by atoms with Gasteiger partial charge in [0.25, 0.3) is 5.91 Å². The monoisotopic (exact) mass is 577 g/mol. The van der Waals surface area contributed by atoms with E-state index in [1.54, 1.807) is 18.9 Å². The summed E-state index contributed by atoms with van der Waals surface area (Å²) >= 11 is 6.04. The van der Waals surface area contributed by atoms with Crippen molar-refractivity contribution in [1.29, 1.82) is 0 Å². The first kappa shape index (κ1) is 29.0. The smallest absolute Gasteiger partial charge is 0.329 e. The van der Waals surface area contributed by atoms with Crippen LogP contribution >= 0.6 is 11.6 Å². The number of amides is 1. The van der Waals surface area contributed by atoms with Gasteiger partial charge >= 0.3 is 5.97 Å². The van der Waals surface area contributed by atoms with Gasteiger partial charge in [-0.15, -0.1) is 0 Å². The summed E-state index contributed by atoms with van der Waals surface area (Å²) in [6, 6.07) is 19.9. The van der Waals surface area contributed by atoms with E-state index in [0.29, 0.717) is 23.1 Å². The van der Waals surface area contributed by atoms with Crippen LogP contribution in [0.2, 0.25) is 5.02 Å². The molecule has 0 saturated heterocycles. The van der Waals surface area contributed by atoms with Gasteiger partial charge in [0.1, 0.15) is 12.6 Å². The summed E-state index contributed by atoms with van der Waals surface area (Å²) < 4.78 is 23.9. The van der Waals surface area contributed by atoms with Crippen LogP contribution in [-0.2, 0) is 38.6 Å². The van der Waals surface area contributed by atoms with Crippen LogP contribution in [0.3, 0.4) is 0 Å². The van der Waals surface area contributed by atoms with E-state index in [-0.39, 0.29) is 31.6 Å². The van der Waals surface area contributed by atoms with Gasteiger partial charge in [-0.1, -0.05) is 73.0 Å². The fourth-order valence-corrected chi connectivity index (χ4v) is 5.75. The molecule has 1 aliphatic carbocycles. The maximum Gasteiger partial charge on any atom is 0.329 e. The molecule has 0 radical (unpaired) electrons. The van der Waals surface area contributed by atoms with E-state index in [1.165, 1.54) is 0 Å². The minimum atomic E-state index is -0.835. The summed E-state index contributed by atoms with van der Waals surface area (Å²) in [5.41, 5.74) is 3.43. The van der Waals surface area contributed by atoms with Crippen molar-refractivity contribution in [2.24, 2.45) is 0 Å². The predicted octanol–water partition coefficient (Wildman–Crippen LogP) is 6.44. The maximum atomic E-state index is 14.3. The minimum absolute atomic E-state index is 0.0133. The highest BCUT2D eigenvalue weighted by molar-refractivity contribution is 6.30. The van der Waals surface area contributed by atoms with Gasteiger partial charge in [0.05, 0.1) is 19.8 Å². The molecule has 1 amide bonds. The molecule has 7 nitrogen and oxygen atoms in total. The Balaban J connectivity index is 1.48. The lowest BCUT2D eigenvalue weighted by molar-refractivity contribution is -0.163. The van der Waals surface area contributed by atoms with E-state index >= 15 is 0 Å². The van der Waals surface area contributed by atoms with Gasteiger partial charge < -0.3 is 23.8 Å². The Bertz CT molecular complexity index is 1340. The van der Waals surface area contributed by atoms with E-state index < -0.39 is 18.1 Å². The molecule has 2 aliphatic rings. The zero-order valence-electron chi connectivity index (χ0n) is 23.5. The van der Waals surface area contributed by atoms with Crippen molar-refractivity contribution in [2.75, 3.05) is 13.7 Å². The first-order chi connectivity index (χ1) is 20.0. The molecule has 1 fully saturated rings. The number of esters is 1. The topological polar surface area (TPSA) is 74.3 Å². The third-order valence-corrected chi connectivity index (χ3v) is 8.00. The van der Waals surface area contributed by atoms with E-state index in [4.69, 9.17) is 30.5 Å². The molecule has 8 heteroatoms. The first-order valence-electron chi connectivity index (χ1n) is 14.2. The summed E-state index contributed by atoms with van der Waals surface area (Å²) in [4.78, 5) is 29.3. The lowest BCUT2D eigenvalue weighted by atomic mass is 9.91. The molecular formula is C33H36ClNO6. The zero-order valence-corrected chi connectivity index (χ0v) is 24.3. The van der Waals surface area contributed by atoms with Gasteiger partial charge in [-0.3, -0.25) is 4.79 Å². The summed E-state index contributed by atoms with van der Waals surface area (Å²) in [5.74, 6) is 0.423. The second kappa shape index (κ2) is 13.4. The third kappa shape index (κ3) is 6.68. The van der Waals surface area contributed by atoms with Crippen molar-refractivity contribution in [3.05, 3.63) is 94.0 Å². The standard InChI is InChI=1S/C33H36ClNO6/c1-3-39-33(37)28-19-27-24(15-18-29(38-2)31(27)40-21-22-13-16-25(34)17-14-22)20-35(28)32(36)30(23-9-5-4-6-10-23)41-26-11-7-8-12-26/h4-6,9-10,13-18,26,28,30H,3,7-8,11-12,19-21H2,1-2H3/t28-,30-/m0/s1. The van der Waals surface area contributed by atoms with Gasteiger partial charge in [-0.25, -0.2) is 4.79 Å². The molecule has 1 saturated carbocycles. The van der Waals surface area contributed by atoms with Gasteiger partial charge in [-0.05, 0) is 54.7 Å². The number of hydrogen-bond acceptors (Lipinski definition) is 6. The molecule has 5 rings (SSSR count). The normalized spacial score (nSPS) is 17.5. The van der Waals surface area contributed by atoms with Crippen LogP contribution in [0.5, 0.6) is 11.5 Å². The highest BCUT2D eigenvalue weighted by Gasteiger charge is 2.41. The van der Waals surface area contributed by atoms with Crippen molar-refractivity contribution in [2.45, 2.75) is 70.4 Å². The van der Waals surface area contributed by atoms with Crippen molar-refractivity contribution >= 4 is 23.5 Å². The van der Waals surface area contributed by atoms with Crippen LogP contribution in [0.1, 0.15) is 61.0 Å². The van der Waals surface area contributed by atoms with E-state index in [2.05, 4.69) is 0 Å². The molecule has 2 atom stereocenters. The third-order valence-electron chi connectivity index (χ3n) is 7.75. The van der Waals surface area contributed by atoms with E-state index in [9.17, 15) is 9.59 Å². The van der Waals surface area contributed by atoms with E-state index in [1.807, 2.05) is 66.7 Å². The second-order valence-corrected chi connectivity index (χ2v) is 10.9. The molecular weight excluding hydrogens is 542 g/mol. The summed E-state index contributed by atoms with van der Waals surface area (Å²) in [7, 11) is 1.59. The largest absolute Gasteiger partial charge is 0.493 e. The summed E-state index contributed by atoms with van der Waals surface area (Å²) in [6.45, 7) is 2.49. The molecule has 1 aliphatic heterocycles. The fraction of sp³-hybridized carbons (Fsp3) is 0.394. The number of hydrogen-bond donors (Lipinski definition) is 0. The number of rotatable bonds is 10. The van der Waals surface area contributed by atoms with Gasteiger partial charge in [0.15, 0.2) is 17.6 Å². The molecule has 3 aromatic carbocycles. The Morgan fingerprint density at radius 3 is 2.41 bits per heavy atom. The Morgan fingerprint density at radius 1 is 1.00 bits per heavy atom. The van der Waals surface area contributed by atoms with Crippen molar-refractivity contribution in [1.82, 2.24) is 4.90 Å². The number of methoxy groups -OCH3 is 1. The molecule has 1 heterocycles. The van der Waals surface area contributed by atoms with Crippen LogP contribution in [0, 0.1) is 0 Å². The zero-order chi connectivity index (χ0) is 28.8. The molecule has 3 aromatic rings. The van der Waals surface area contributed by atoms with Crippen molar-refractivity contribution in [3.8, 4) is 11.5 Å². The van der Waals surface area contributed by atoms with Crippen molar-refractivity contribution in [3.63, 3.8) is 0 Å². The van der Waals surface area contributed by atoms with Gasteiger partial charge in [0.2, 0.25) is 0 Å². The highest BCUT2D eigenvalue weighted by Crippen LogP contribution is 2.40. The molecule has 0 N–H and O–H groups in total. The van der Waals surface area contributed by atoms with E-state index in [0.717, 1.165) is 47.9 Å². The quantitative estimate of drug-likeness (QED) is 0.258. The maximum absolute atomic E-state index is 14.3. The number of carbonyl (C=O) groups is 2. The van der Waals surface area contributed by atoms with Gasteiger partial charge in [-0.2, -0.15) is 0 Å². The van der Waals surface area contributed by atoms with Crippen LogP contribution < -0.4 is 9.47 Å². The van der Waals surface area contributed by atoms with Gasteiger partial charge in [0, 0.05) is 23.6 Å². The predicted molar refractivity (Wildman–Crippen MR) is 156 cm³/mol. The Labute approximate surface area is 246 Å². The number of benzene rings is 3. The average molecular weight is 578 g/mol. The highest BCUT2D eigenvalue weighted by atomic mass is 35.5. The Morgan fingerprint density at radius 2 is 1.73 bits per heavy atom. The molecule has 0 bridgehead atoms. The SMILES string of the molecule is CCOC(=O)[C@@H]1Cc2c(ccc(OC)c2OCc2ccc(Cl)cc2)CN1C(=O)[C@@H](OC1CCCC1)c1ccccc1.